The highest BCUT2D eigenvalue weighted by Crippen LogP contribution is 2.22. The van der Waals surface area contributed by atoms with E-state index in [0.29, 0.717) is 5.82 Å². The van der Waals surface area contributed by atoms with Gasteiger partial charge in [0, 0.05) is 24.2 Å². The average molecular weight is 215 g/mol. The summed E-state index contributed by atoms with van der Waals surface area (Å²) in [5, 5.41) is 3.15. The lowest BCUT2D eigenvalue weighted by molar-refractivity contribution is 0.666. The standard InChI is InChI=1S/C11H13N5/c1-13-10(9-7-14-5-6-15-9)8-3-2-4-16-11(8)12/h2-7,10,13H,1H3,(H2,12,16). The first kappa shape index (κ1) is 10.5. The molecule has 0 fully saturated rings. The summed E-state index contributed by atoms with van der Waals surface area (Å²) in [6.07, 6.45) is 6.69. The first-order valence-corrected chi connectivity index (χ1v) is 4.96. The summed E-state index contributed by atoms with van der Waals surface area (Å²) in [7, 11) is 1.85. The van der Waals surface area contributed by atoms with E-state index in [4.69, 9.17) is 5.73 Å². The number of nitrogen functional groups attached to an aromatic ring is 1. The molecule has 1 unspecified atom stereocenters. The first-order chi connectivity index (χ1) is 7.83. The summed E-state index contributed by atoms with van der Waals surface area (Å²) in [5.74, 6) is 0.507. The summed E-state index contributed by atoms with van der Waals surface area (Å²) in [5.41, 5.74) is 7.57. The Balaban J connectivity index is 2.41. The Hall–Kier alpha value is -2.01. The van der Waals surface area contributed by atoms with Gasteiger partial charge < -0.3 is 11.1 Å². The van der Waals surface area contributed by atoms with Gasteiger partial charge in [-0.2, -0.15) is 0 Å². The number of nitrogens with two attached hydrogens (primary N) is 1. The van der Waals surface area contributed by atoms with Crippen LogP contribution in [0.3, 0.4) is 0 Å². The average Bonchev–Trinajstić information content (AvgIpc) is 2.34. The number of anilines is 1. The third-order valence-electron chi connectivity index (χ3n) is 2.35. The van der Waals surface area contributed by atoms with Gasteiger partial charge in [0.2, 0.25) is 0 Å². The molecule has 0 aromatic carbocycles. The van der Waals surface area contributed by atoms with E-state index in [1.165, 1.54) is 0 Å². The quantitative estimate of drug-likeness (QED) is 0.790. The topological polar surface area (TPSA) is 76.7 Å². The van der Waals surface area contributed by atoms with Crippen molar-refractivity contribution in [1.29, 1.82) is 0 Å². The van der Waals surface area contributed by atoms with Crippen molar-refractivity contribution in [2.45, 2.75) is 6.04 Å². The summed E-state index contributed by atoms with van der Waals surface area (Å²) in [6.45, 7) is 0. The van der Waals surface area contributed by atoms with Crippen molar-refractivity contribution >= 4 is 5.82 Å². The number of nitrogens with one attached hydrogen (secondary N) is 1. The molecule has 0 aliphatic heterocycles. The molecule has 0 saturated carbocycles. The van der Waals surface area contributed by atoms with E-state index in [2.05, 4.69) is 20.3 Å². The number of hydrogen-bond donors (Lipinski definition) is 2. The van der Waals surface area contributed by atoms with Crippen LogP contribution in [0, 0.1) is 0 Å². The fourth-order valence-corrected chi connectivity index (χ4v) is 1.60. The van der Waals surface area contributed by atoms with Crippen LogP contribution in [0.5, 0.6) is 0 Å². The minimum Gasteiger partial charge on any atom is -0.383 e. The third-order valence-corrected chi connectivity index (χ3v) is 2.35. The summed E-state index contributed by atoms with van der Waals surface area (Å²) in [4.78, 5) is 12.4. The first-order valence-electron chi connectivity index (χ1n) is 4.96. The fraction of sp³-hybridized carbons (Fsp3) is 0.182. The van der Waals surface area contributed by atoms with Gasteiger partial charge in [0.05, 0.1) is 17.9 Å². The van der Waals surface area contributed by atoms with Crippen LogP contribution in [0.2, 0.25) is 0 Å². The van der Waals surface area contributed by atoms with E-state index in [-0.39, 0.29) is 6.04 Å². The molecule has 0 aliphatic rings. The smallest absolute Gasteiger partial charge is 0.128 e. The van der Waals surface area contributed by atoms with Crippen molar-refractivity contribution in [1.82, 2.24) is 20.3 Å². The molecule has 2 aromatic rings. The Morgan fingerprint density at radius 1 is 1.25 bits per heavy atom. The van der Waals surface area contributed by atoms with Crippen LogP contribution >= 0.6 is 0 Å². The molecule has 0 aliphatic carbocycles. The molecule has 16 heavy (non-hydrogen) atoms. The molecule has 0 radical (unpaired) electrons. The molecule has 5 heteroatoms. The predicted molar refractivity (Wildman–Crippen MR) is 61.6 cm³/mol. The maximum Gasteiger partial charge on any atom is 0.128 e. The zero-order valence-corrected chi connectivity index (χ0v) is 8.96. The van der Waals surface area contributed by atoms with E-state index >= 15 is 0 Å². The van der Waals surface area contributed by atoms with E-state index in [9.17, 15) is 0 Å². The van der Waals surface area contributed by atoms with Gasteiger partial charge in [-0.1, -0.05) is 6.07 Å². The molecular formula is C11H13N5. The van der Waals surface area contributed by atoms with Crippen molar-refractivity contribution in [3.05, 3.63) is 48.2 Å². The number of hydrogen-bond acceptors (Lipinski definition) is 5. The molecule has 0 bridgehead atoms. The van der Waals surface area contributed by atoms with Crippen molar-refractivity contribution < 1.29 is 0 Å². The Morgan fingerprint density at radius 3 is 2.75 bits per heavy atom. The van der Waals surface area contributed by atoms with Crippen LogP contribution in [0.25, 0.3) is 0 Å². The molecule has 2 rings (SSSR count). The molecule has 2 heterocycles. The summed E-state index contributed by atoms with van der Waals surface area (Å²) >= 11 is 0. The molecule has 2 aromatic heterocycles. The van der Waals surface area contributed by atoms with Gasteiger partial charge in [0.25, 0.3) is 0 Å². The minimum absolute atomic E-state index is 0.0811. The van der Waals surface area contributed by atoms with E-state index in [1.807, 2.05) is 19.2 Å². The lowest BCUT2D eigenvalue weighted by Gasteiger charge is -2.16. The monoisotopic (exact) mass is 215 g/mol. The highest BCUT2D eigenvalue weighted by Gasteiger charge is 2.16. The van der Waals surface area contributed by atoms with Crippen LogP contribution in [-0.2, 0) is 0 Å². The second-order valence-corrected chi connectivity index (χ2v) is 3.33. The molecular weight excluding hydrogens is 202 g/mol. The van der Waals surface area contributed by atoms with Gasteiger partial charge in [-0.15, -0.1) is 0 Å². The van der Waals surface area contributed by atoms with Gasteiger partial charge in [-0.3, -0.25) is 9.97 Å². The van der Waals surface area contributed by atoms with Gasteiger partial charge in [0.15, 0.2) is 0 Å². The number of rotatable bonds is 3. The van der Waals surface area contributed by atoms with Crippen molar-refractivity contribution in [2.24, 2.45) is 0 Å². The van der Waals surface area contributed by atoms with Crippen molar-refractivity contribution in [3.63, 3.8) is 0 Å². The highest BCUT2D eigenvalue weighted by atomic mass is 14.9. The highest BCUT2D eigenvalue weighted by molar-refractivity contribution is 5.43. The number of nitrogens with zero attached hydrogens (tertiary/aromatic N) is 3. The molecule has 0 amide bonds. The molecule has 5 nitrogen and oxygen atoms in total. The second-order valence-electron chi connectivity index (χ2n) is 3.33. The Labute approximate surface area is 93.8 Å². The maximum atomic E-state index is 5.84. The van der Waals surface area contributed by atoms with E-state index < -0.39 is 0 Å². The van der Waals surface area contributed by atoms with Crippen LogP contribution in [0.1, 0.15) is 17.3 Å². The normalized spacial score (nSPS) is 12.3. The van der Waals surface area contributed by atoms with Crippen molar-refractivity contribution in [2.75, 3.05) is 12.8 Å². The summed E-state index contributed by atoms with van der Waals surface area (Å²) < 4.78 is 0. The van der Waals surface area contributed by atoms with Crippen LogP contribution in [0.15, 0.2) is 36.9 Å². The van der Waals surface area contributed by atoms with Gasteiger partial charge in [-0.05, 0) is 13.1 Å². The van der Waals surface area contributed by atoms with Gasteiger partial charge >= 0.3 is 0 Å². The molecule has 82 valence electrons. The third kappa shape index (κ3) is 1.99. The summed E-state index contributed by atoms with van der Waals surface area (Å²) in [6, 6.07) is 3.70. The van der Waals surface area contributed by atoms with Crippen LogP contribution < -0.4 is 11.1 Å². The zero-order valence-electron chi connectivity index (χ0n) is 8.96. The number of pyridine rings is 1. The molecule has 3 N–H and O–H groups in total. The second kappa shape index (κ2) is 4.67. The largest absolute Gasteiger partial charge is 0.383 e. The van der Waals surface area contributed by atoms with Gasteiger partial charge in [-0.25, -0.2) is 4.98 Å². The van der Waals surface area contributed by atoms with Crippen molar-refractivity contribution in [3.8, 4) is 0 Å². The Kier molecular flexibility index (Phi) is 3.07. The van der Waals surface area contributed by atoms with E-state index in [0.717, 1.165) is 11.3 Å². The lowest BCUT2D eigenvalue weighted by Crippen LogP contribution is -2.20. The molecule has 0 spiro atoms. The predicted octanol–water partition coefficient (Wildman–Crippen LogP) is 0.763. The van der Waals surface area contributed by atoms with Crippen LogP contribution in [0.4, 0.5) is 5.82 Å². The molecule has 1 atom stereocenters. The zero-order chi connectivity index (χ0) is 11.4. The van der Waals surface area contributed by atoms with Gasteiger partial charge in [0.1, 0.15) is 5.82 Å². The minimum atomic E-state index is -0.0811. The maximum absolute atomic E-state index is 5.84. The fourth-order valence-electron chi connectivity index (χ4n) is 1.60. The number of aromatic nitrogens is 3. The van der Waals surface area contributed by atoms with E-state index in [1.54, 1.807) is 24.8 Å². The van der Waals surface area contributed by atoms with Crippen LogP contribution in [-0.4, -0.2) is 22.0 Å². The SMILES string of the molecule is CNC(c1cnccn1)c1cccnc1N. The lowest BCUT2D eigenvalue weighted by atomic mass is 10.1. The molecule has 0 saturated heterocycles. The Morgan fingerprint density at radius 2 is 2.12 bits per heavy atom. The Bertz CT molecular complexity index is 457.